The molecule has 0 aromatic heterocycles. The molecule has 0 N–H and O–H groups in total. The Hall–Kier alpha value is -2.34. The molecule has 0 fully saturated rings. The van der Waals surface area contributed by atoms with Crippen LogP contribution >= 0.6 is 0 Å². The van der Waals surface area contributed by atoms with E-state index in [-0.39, 0.29) is 5.41 Å². The molecule has 0 heterocycles. The van der Waals surface area contributed by atoms with Crippen LogP contribution in [0.15, 0.2) is 97.6 Å². The molecule has 114 valence electrons. The molecule has 0 aliphatic rings. The third kappa shape index (κ3) is 4.08. The van der Waals surface area contributed by atoms with Crippen molar-refractivity contribution >= 4 is 0 Å². The Morgan fingerprint density at radius 3 is 1.45 bits per heavy atom. The molecule has 0 spiro atoms. The summed E-state index contributed by atoms with van der Waals surface area (Å²) in [5.74, 6) is 0. The Morgan fingerprint density at radius 1 is 0.818 bits per heavy atom. The van der Waals surface area contributed by atoms with Crippen LogP contribution in [-0.4, -0.2) is 0 Å². The van der Waals surface area contributed by atoms with Gasteiger partial charge in [-0.2, -0.15) is 0 Å². The van der Waals surface area contributed by atoms with Gasteiger partial charge in [0.1, 0.15) is 0 Å². The lowest BCUT2D eigenvalue weighted by molar-refractivity contribution is 0.694. The van der Waals surface area contributed by atoms with E-state index in [1.165, 1.54) is 11.1 Å². The first-order valence-electron chi connectivity index (χ1n) is 7.61. The summed E-state index contributed by atoms with van der Waals surface area (Å²) in [6, 6.07) is 20.9. The summed E-state index contributed by atoms with van der Waals surface area (Å²) in [6.45, 7) is 14.3. The van der Waals surface area contributed by atoms with Gasteiger partial charge in [-0.05, 0) is 37.5 Å². The molecule has 2 aromatic carbocycles. The van der Waals surface area contributed by atoms with E-state index in [0.29, 0.717) is 0 Å². The molecule has 0 aliphatic heterocycles. The molecule has 0 nitrogen and oxygen atoms in total. The van der Waals surface area contributed by atoms with Crippen molar-refractivity contribution in [2.45, 2.75) is 26.2 Å². The Bertz CT molecular complexity index is 560. The average Bonchev–Trinajstić information content (AvgIpc) is 2.62. The minimum Gasteiger partial charge on any atom is -0.0988 e. The molecule has 2 aromatic rings. The second-order valence-electron chi connectivity index (χ2n) is 5.25. The van der Waals surface area contributed by atoms with E-state index in [1.54, 1.807) is 0 Å². The lowest BCUT2D eigenvalue weighted by Crippen LogP contribution is -2.25. The Balaban J connectivity index is 0.000000541. The molecule has 0 unspecified atom stereocenters. The van der Waals surface area contributed by atoms with E-state index in [0.717, 1.165) is 5.57 Å². The summed E-state index contributed by atoms with van der Waals surface area (Å²) in [7, 11) is 0. The normalized spacial score (nSPS) is 10.7. The topological polar surface area (TPSA) is 0 Å². The van der Waals surface area contributed by atoms with Gasteiger partial charge in [-0.15, -0.1) is 0 Å². The van der Waals surface area contributed by atoms with E-state index in [1.807, 2.05) is 44.2 Å². The van der Waals surface area contributed by atoms with Crippen LogP contribution in [0.4, 0.5) is 0 Å². The maximum Gasteiger partial charge on any atom is 0.0417 e. The van der Waals surface area contributed by atoms with Gasteiger partial charge in [0.05, 0.1) is 0 Å². The van der Waals surface area contributed by atoms with Gasteiger partial charge in [0.2, 0.25) is 0 Å². The number of hydrogen-bond acceptors (Lipinski definition) is 0. The molecular weight excluding hydrogens is 264 g/mol. The van der Waals surface area contributed by atoms with Gasteiger partial charge < -0.3 is 0 Å². The summed E-state index contributed by atoms with van der Waals surface area (Å²) < 4.78 is 0. The highest BCUT2D eigenvalue weighted by atomic mass is 14.3. The second kappa shape index (κ2) is 8.84. The van der Waals surface area contributed by atoms with Gasteiger partial charge in [0.15, 0.2) is 0 Å². The van der Waals surface area contributed by atoms with Gasteiger partial charge in [-0.1, -0.05) is 92.0 Å². The SMILES string of the molecule is C/C=C\C.C=CC(=C)C(C)(c1ccccc1)c1ccccc1. The third-order valence-electron chi connectivity index (χ3n) is 3.92. The zero-order valence-electron chi connectivity index (χ0n) is 13.9. The molecule has 0 aliphatic carbocycles. The van der Waals surface area contributed by atoms with Crippen LogP contribution in [0, 0.1) is 0 Å². The first-order valence-corrected chi connectivity index (χ1v) is 7.61. The van der Waals surface area contributed by atoms with Gasteiger partial charge in [-0.25, -0.2) is 0 Å². The van der Waals surface area contributed by atoms with E-state index >= 15 is 0 Å². The first-order chi connectivity index (χ1) is 10.6. The van der Waals surface area contributed by atoms with Gasteiger partial charge in [0, 0.05) is 5.41 Å². The van der Waals surface area contributed by atoms with Crippen molar-refractivity contribution in [3.63, 3.8) is 0 Å². The number of benzene rings is 2. The van der Waals surface area contributed by atoms with Gasteiger partial charge in [-0.3, -0.25) is 0 Å². The fraction of sp³-hybridized carbons (Fsp3) is 0.182. The summed E-state index contributed by atoms with van der Waals surface area (Å²) in [5.41, 5.74) is 3.27. The van der Waals surface area contributed by atoms with E-state index in [4.69, 9.17) is 0 Å². The predicted molar refractivity (Wildman–Crippen MR) is 99.2 cm³/mol. The van der Waals surface area contributed by atoms with Crippen LogP contribution in [0.3, 0.4) is 0 Å². The second-order valence-corrected chi connectivity index (χ2v) is 5.25. The molecule has 0 radical (unpaired) electrons. The van der Waals surface area contributed by atoms with Crippen LogP contribution < -0.4 is 0 Å². The minimum atomic E-state index is -0.218. The monoisotopic (exact) mass is 290 g/mol. The molecule has 22 heavy (non-hydrogen) atoms. The highest BCUT2D eigenvalue weighted by Crippen LogP contribution is 2.38. The zero-order valence-corrected chi connectivity index (χ0v) is 13.9. The number of rotatable bonds is 4. The highest BCUT2D eigenvalue weighted by molar-refractivity contribution is 5.49. The quantitative estimate of drug-likeness (QED) is 0.456. The Kier molecular flexibility index (Phi) is 7.12. The summed E-state index contributed by atoms with van der Waals surface area (Å²) >= 11 is 0. The Labute approximate surface area is 135 Å². The Morgan fingerprint density at radius 2 is 1.18 bits per heavy atom. The number of hydrogen-bond donors (Lipinski definition) is 0. The van der Waals surface area contributed by atoms with Crippen LogP contribution in [0.1, 0.15) is 31.9 Å². The first kappa shape index (κ1) is 17.7. The summed E-state index contributed by atoms with van der Waals surface area (Å²) in [6.07, 6.45) is 5.85. The molecule has 0 saturated carbocycles. The lowest BCUT2D eigenvalue weighted by atomic mass is 9.71. The fourth-order valence-electron chi connectivity index (χ4n) is 2.28. The standard InChI is InChI=1S/C18H18.C4H8/c1-4-15(2)18(3,16-11-7-5-8-12-16)17-13-9-6-10-14-17;1-3-4-2/h4-14H,1-2H2,3H3;3-4H,1-2H3/b;4-3-. The summed E-state index contributed by atoms with van der Waals surface area (Å²) in [4.78, 5) is 0. The molecule has 0 amide bonds. The van der Waals surface area contributed by atoms with Crippen LogP contribution in [0.25, 0.3) is 0 Å². The minimum absolute atomic E-state index is 0.218. The molecule has 0 heteroatoms. The van der Waals surface area contributed by atoms with Crippen molar-refractivity contribution in [1.82, 2.24) is 0 Å². The van der Waals surface area contributed by atoms with E-state index < -0.39 is 0 Å². The molecule has 0 saturated heterocycles. The van der Waals surface area contributed by atoms with Crippen molar-refractivity contribution in [3.8, 4) is 0 Å². The van der Waals surface area contributed by atoms with Crippen LogP contribution in [0.2, 0.25) is 0 Å². The van der Waals surface area contributed by atoms with E-state index in [9.17, 15) is 0 Å². The van der Waals surface area contributed by atoms with Crippen molar-refractivity contribution in [2.75, 3.05) is 0 Å². The van der Waals surface area contributed by atoms with E-state index in [2.05, 4.69) is 68.6 Å². The fourth-order valence-corrected chi connectivity index (χ4v) is 2.28. The maximum atomic E-state index is 4.18. The van der Waals surface area contributed by atoms with Crippen molar-refractivity contribution in [2.24, 2.45) is 0 Å². The van der Waals surface area contributed by atoms with Gasteiger partial charge >= 0.3 is 0 Å². The summed E-state index contributed by atoms with van der Waals surface area (Å²) in [5, 5.41) is 0. The predicted octanol–water partition coefficient (Wildman–Crippen LogP) is 6.32. The zero-order chi connectivity index (χ0) is 16.4. The molecule has 0 atom stereocenters. The maximum absolute atomic E-state index is 4.18. The lowest BCUT2D eigenvalue weighted by Gasteiger charge is -2.32. The smallest absolute Gasteiger partial charge is 0.0417 e. The van der Waals surface area contributed by atoms with Crippen LogP contribution in [-0.2, 0) is 5.41 Å². The molecule has 2 rings (SSSR count). The average molecular weight is 290 g/mol. The largest absolute Gasteiger partial charge is 0.0988 e. The van der Waals surface area contributed by atoms with Crippen molar-refractivity contribution in [1.29, 1.82) is 0 Å². The third-order valence-corrected chi connectivity index (χ3v) is 3.92. The highest BCUT2D eigenvalue weighted by Gasteiger charge is 2.30. The molecule has 0 bridgehead atoms. The molecular formula is C22H26. The van der Waals surface area contributed by atoms with Gasteiger partial charge in [0.25, 0.3) is 0 Å². The van der Waals surface area contributed by atoms with Crippen molar-refractivity contribution < 1.29 is 0 Å². The number of allylic oxidation sites excluding steroid dienone is 4. The van der Waals surface area contributed by atoms with Crippen molar-refractivity contribution in [3.05, 3.63) is 109 Å². The van der Waals surface area contributed by atoms with Crippen LogP contribution in [0.5, 0.6) is 0 Å².